The minimum atomic E-state index is -1.82. The Labute approximate surface area is 141 Å². The van der Waals surface area contributed by atoms with Crippen molar-refractivity contribution in [3.63, 3.8) is 0 Å². The molecule has 0 aliphatic rings. The van der Waals surface area contributed by atoms with Gasteiger partial charge in [-0.05, 0) is 44.5 Å². The number of aromatic nitrogens is 2. The largest absolute Gasteiger partial charge is 0.461 e. The van der Waals surface area contributed by atoms with Crippen LogP contribution in [-0.2, 0) is 15.6 Å². The predicted octanol–water partition coefficient (Wildman–Crippen LogP) is 4.21. The number of hydrogen-bond acceptors (Lipinski definition) is 4. The number of hydrogen-bond donors (Lipinski definition) is 0. The molecular weight excluding hydrogens is 308 g/mol. The van der Waals surface area contributed by atoms with E-state index in [0.29, 0.717) is 18.9 Å². The highest BCUT2D eigenvalue weighted by Gasteiger charge is 2.37. The zero-order valence-electron chi connectivity index (χ0n) is 15.9. The lowest BCUT2D eigenvalue weighted by atomic mass is 10.2. The lowest BCUT2D eigenvalue weighted by Gasteiger charge is -2.37. The molecule has 0 saturated heterocycles. The zero-order valence-corrected chi connectivity index (χ0v) is 16.9. The van der Waals surface area contributed by atoms with Crippen LogP contribution < -0.4 is 0 Å². The van der Waals surface area contributed by atoms with E-state index in [1.807, 2.05) is 26.8 Å². The van der Waals surface area contributed by atoms with E-state index in [4.69, 9.17) is 9.16 Å². The summed E-state index contributed by atoms with van der Waals surface area (Å²) in [6.45, 7) is 17.9. The fourth-order valence-electron chi connectivity index (χ4n) is 1.93. The summed E-state index contributed by atoms with van der Waals surface area (Å²) in [5, 5.41) is 4.71. The number of carbonyl (C=O) groups excluding carboxylic acids is 1. The standard InChI is InChI=1S/C17H32N2O3Si/c1-9-14-11-15(16(20)21-10-2)19(18-14)13(3)12-22-23(7,8)17(4,5)6/h11,13H,9-10,12H2,1-8H3/t13-/m1/s1. The van der Waals surface area contributed by atoms with Gasteiger partial charge in [-0.25, -0.2) is 4.79 Å². The number of carbonyl (C=O) groups is 1. The zero-order chi connectivity index (χ0) is 17.8. The van der Waals surface area contributed by atoms with Gasteiger partial charge in [-0.3, -0.25) is 4.68 Å². The summed E-state index contributed by atoms with van der Waals surface area (Å²) in [6.07, 6.45) is 0.787. The smallest absolute Gasteiger partial charge is 0.356 e. The second-order valence-corrected chi connectivity index (χ2v) is 12.3. The third kappa shape index (κ3) is 4.91. The second-order valence-electron chi connectivity index (χ2n) is 7.46. The van der Waals surface area contributed by atoms with Crippen LogP contribution in [0.5, 0.6) is 0 Å². The molecule has 0 unspecified atom stereocenters. The Morgan fingerprint density at radius 3 is 2.43 bits per heavy atom. The number of aryl methyl sites for hydroxylation is 1. The van der Waals surface area contributed by atoms with Gasteiger partial charge < -0.3 is 9.16 Å². The van der Waals surface area contributed by atoms with Gasteiger partial charge in [-0.1, -0.05) is 27.7 Å². The normalized spacial score (nSPS) is 13.9. The van der Waals surface area contributed by atoms with Crippen LogP contribution in [0.25, 0.3) is 0 Å². The van der Waals surface area contributed by atoms with Crippen molar-refractivity contribution in [2.75, 3.05) is 13.2 Å². The molecular formula is C17H32N2O3Si. The van der Waals surface area contributed by atoms with Gasteiger partial charge in [-0.2, -0.15) is 5.10 Å². The van der Waals surface area contributed by atoms with Gasteiger partial charge in [0.15, 0.2) is 8.32 Å². The van der Waals surface area contributed by atoms with Crippen LogP contribution in [0.2, 0.25) is 18.1 Å². The number of esters is 1. The maximum atomic E-state index is 12.1. The quantitative estimate of drug-likeness (QED) is 0.551. The highest BCUT2D eigenvalue weighted by Crippen LogP contribution is 2.37. The first-order chi connectivity index (χ1) is 10.5. The molecule has 23 heavy (non-hydrogen) atoms. The van der Waals surface area contributed by atoms with Gasteiger partial charge in [0, 0.05) is 0 Å². The molecule has 1 aromatic heterocycles. The molecule has 1 aromatic rings. The fourth-order valence-corrected chi connectivity index (χ4v) is 3.02. The van der Waals surface area contributed by atoms with E-state index in [0.717, 1.165) is 12.1 Å². The van der Waals surface area contributed by atoms with Crippen LogP contribution in [0.4, 0.5) is 0 Å². The van der Waals surface area contributed by atoms with E-state index in [1.165, 1.54) is 0 Å². The summed E-state index contributed by atoms with van der Waals surface area (Å²) in [6, 6.07) is 1.81. The van der Waals surface area contributed by atoms with Crippen molar-refractivity contribution in [2.45, 2.75) is 72.1 Å². The molecule has 0 fully saturated rings. The maximum absolute atomic E-state index is 12.1. The lowest BCUT2D eigenvalue weighted by molar-refractivity contribution is 0.0507. The molecule has 1 rings (SSSR count). The van der Waals surface area contributed by atoms with Crippen LogP contribution in [0, 0.1) is 0 Å². The van der Waals surface area contributed by atoms with Crippen molar-refractivity contribution in [1.29, 1.82) is 0 Å². The first-order valence-electron chi connectivity index (χ1n) is 8.43. The van der Waals surface area contributed by atoms with E-state index in [1.54, 1.807) is 4.68 Å². The molecule has 0 amide bonds. The average molecular weight is 341 g/mol. The SMILES string of the molecule is CCOC(=O)c1cc(CC)nn1[C@H](C)CO[Si](C)(C)C(C)(C)C. The van der Waals surface area contributed by atoms with Crippen molar-refractivity contribution in [2.24, 2.45) is 0 Å². The summed E-state index contributed by atoms with van der Waals surface area (Å²) in [7, 11) is -1.82. The first-order valence-corrected chi connectivity index (χ1v) is 11.3. The monoisotopic (exact) mass is 340 g/mol. The molecule has 0 aromatic carbocycles. The van der Waals surface area contributed by atoms with Crippen LogP contribution in [0.3, 0.4) is 0 Å². The Morgan fingerprint density at radius 1 is 1.35 bits per heavy atom. The highest BCUT2D eigenvalue weighted by molar-refractivity contribution is 6.74. The molecule has 132 valence electrons. The van der Waals surface area contributed by atoms with E-state index in [2.05, 4.69) is 39.0 Å². The third-order valence-corrected chi connectivity index (χ3v) is 9.04. The van der Waals surface area contributed by atoms with Gasteiger partial charge in [0.2, 0.25) is 0 Å². The predicted molar refractivity (Wildman–Crippen MR) is 95.4 cm³/mol. The topological polar surface area (TPSA) is 53.3 Å². The molecule has 5 nitrogen and oxygen atoms in total. The Kier molecular flexibility index (Phi) is 6.59. The molecule has 1 atom stereocenters. The Hall–Kier alpha value is -1.14. The Bertz CT molecular complexity index is 532. The third-order valence-electron chi connectivity index (χ3n) is 4.54. The molecule has 0 spiro atoms. The van der Waals surface area contributed by atoms with Crippen molar-refractivity contribution in [1.82, 2.24) is 9.78 Å². The van der Waals surface area contributed by atoms with Gasteiger partial charge in [0.1, 0.15) is 5.69 Å². The van der Waals surface area contributed by atoms with Gasteiger partial charge in [0.05, 0.1) is 24.9 Å². The Morgan fingerprint density at radius 2 is 1.96 bits per heavy atom. The maximum Gasteiger partial charge on any atom is 0.356 e. The van der Waals surface area contributed by atoms with Crippen LogP contribution in [0.15, 0.2) is 6.07 Å². The average Bonchev–Trinajstić information content (AvgIpc) is 2.88. The number of ether oxygens (including phenoxy) is 1. The number of nitrogens with zero attached hydrogens (tertiary/aromatic N) is 2. The molecule has 0 radical (unpaired) electrons. The molecule has 1 heterocycles. The van der Waals surface area contributed by atoms with Crippen molar-refractivity contribution >= 4 is 14.3 Å². The highest BCUT2D eigenvalue weighted by atomic mass is 28.4. The summed E-state index contributed by atoms with van der Waals surface area (Å²) in [5.41, 5.74) is 1.40. The summed E-state index contributed by atoms with van der Waals surface area (Å²) in [4.78, 5) is 12.1. The van der Waals surface area contributed by atoms with E-state index >= 15 is 0 Å². The minimum Gasteiger partial charge on any atom is -0.461 e. The lowest BCUT2D eigenvalue weighted by Crippen LogP contribution is -2.42. The van der Waals surface area contributed by atoms with Crippen molar-refractivity contribution in [3.8, 4) is 0 Å². The van der Waals surface area contributed by atoms with E-state index in [-0.39, 0.29) is 17.0 Å². The van der Waals surface area contributed by atoms with Gasteiger partial charge in [0.25, 0.3) is 0 Å². The van der Waals surface area contributed by atoms with Crippen molar-refractivity contribution < 1.29 is 14.0 Å². The molecule has 6 heteroatoms. The van der Waals surface area contributed by atoms with Crippen LogP contribution >= 0.6 is 0 Å². The van der Waals surface area contributed by atoms with Crippen LogP contribution in [0.1, 0.15) is 63.8 Å². The molecule has 0 aliphatic heterocycles. The summed E-state index contributed by atoms with van der Waals surface area (Å²) < 4.78 is 13.2. The number of rotatable bonds is 7. The minimum absolute atomic E-state index is 0.0103. The Balaban J connectivity index is 2.93. The van der Waals surface area contributed by atoms with Crippen LogP contribution in [-0.4, -0.2) is 37.3 Å². The molecule has 0 bridgehead atoms. The first kappa shape index (κ1) is 19.9. The molecule has 0 aliphatic carbocycles. The summed E-state index contributed by atoms with van der Waals surface area (Å²) in [5.74, 6) is -0.320. The van der Waals surface area contributed by atoms with Gasteiger partial charge in [-0.15, -0.1) is 0 Å². The van der Waals surface area contributed by atoms with E-state index in [9.17, 15) is 4.79 Å². The molecule has 0 N–H and O–H groups in total. The van der Waals surface area contributed by atoms with Gasteiger partial charge >= 0.3 is 5.97 Å². The van der Waals surface area contributed by atoms with E-state index < -0.39 is 8.32 Å². The molecule has 0 saturated carbocycles. The second kappa shape index (κ2) is 7.62. The fraction of sp³-hybridized carbons (Fsp3) is 0.765. The van der Waals surface area contributed by atoms with Crippen molar-refractivity contribution in [3.05, 3.63) is 17.5 Å². The summed E-state index contributed by atoms with van der Waals surface area (Å²) >= 11 is 0.